The van der Waals surface area contributed by atoms with E-state index in [4.69, 9.17) is 11.0 Å². The molecule has 0 aliphatic rings. The fraction of sp³-hybridized carbons (Fsp3) is 0.385. The van der Waals surface area contributed by atoms with E-state index < -0.39 is 62.9 Å². The van der Waals surface area contributed by atoms with Crippen molar-refractivity contribution in [3.63, 3.8) is 0 Å². The Labute approximate surface area is 150 Å². The van der Waals surface area contributed by atoms with Crippen LogP contribution in [0.2, 0.25) is 0 Å². The average Bonchev–Trinajstić information content (AvgIpc) is 2.43. The number of alkyl halides is 6. The van der Waals surface area contributed by atoms with E-state index in [1.807, 2.05) is 0 Å². The lowest BCUT2D eigenvalue weighted by Crippen LogP contribution is -2.39. The van der Waals surface area contributed by atoms with Crippen LogP contribution in [0, 0.1) is 11.3 Å². The maximum atomic E-state index is 13.1. The predicted octanol–water partition coefficient (Wildman–Crippen LogP) is 2.67. The Morgan fingerprint density at radius 2 is 1.62 bits per heavy atom. The van der Waals surface area contributed by atoms with Gasteiger partial charge >= 0.3 is 12.4 Å². The monoisotopic (exact) mass is 419 g/mol. The number of hydrogen-bond acceptors (Lipinski definition) is 4. The number of nitrogens with zero attached hydrogens (tertiary/aromatic N) is 2. The van der Waals surface area contributed by atoms with Gasteiger partial charge in [0, 0.05) is 0 Å². The average molecular weight is 419 g/mol. The molecule has 2 N–H and O–H groups in total. The molecule has 0 atom stereocenters. The number of nitrogens with two attached hydrogens (primary N) is 1. The highest BCUT2D eigenvalue weighted by Gasteiger charge is 2.42. The molecule has 5 nitrogen and oxygen atoms in total. The van der Waals surface area contributed by atoms with E-state index >= 15 is 0 Å². The second-order valence-electron chi connectivity index (χ2n) is 4.98. The fourth-order valence-corrected chi connectivity index (χ4v) is 3.74. The van der Waals surface area contributed by atoms with Gasteiger partial charge in [-0.2, -0.15) is 35.9 Å². The Morgan fingerprint density at radius 1 is 1.15 bits per heavy atom. The fourth-order valence-electron chi connectivity index (χ4n) is 2.05. The number of thiocarbonyl (C=S) groups is 1. The van der Waals surface area contributed by atoms with Crippen molar-refractivity contribution in [2.24, 2.45) is 5.73 Å². The molecule has 13 heteroatoms. The quantitative estimate of drug-likeness (QED) is 0.435. The molecule has 0 fully saturated rings. The van der Waals surface area contributed by atoms with Crippen molar-refractivity contribution in [3.05, 3.63) is 34.9 Å². The lowest BCUT2D eigenvalue weighted by Gasteiger charge is -2.22. The van der Waals surface area contributed by atoms with Gasteiger partial charge in [0.05, 0.1) is 34.5 Å². The SMILES string of the molecule is N#CCN(CC(N)=S)S(=O)(=O)Cc1c(C(F)(F)F)cccc1C(F)(F)F. The summed E-state index contributed by atoms with van der Waals surface area (Å²) >= 11 is 4.49. The summed E-state index contributed by atoms with van der Waals surface area (Å²) in [5.74, 6) is -1.62. The lowest BCUT2D eigenvalue weighted by molar-refractivity contribution is -0.144. The molecule has 0 aliphatic heterocycles. The maximum Gasteiger partial charge on any atom is 0.416 e. The number of rotatable bonds is 6. The Bertz CT molecular complexity index is 796. The van der Waals surface area contributed by atoms with Crippen molar-refractivity contribution in [2.45, 2.75) is 18.1 Å². The van der Waals surface area contributed by atoms with Gasteiger partial charge in [-0.25, -0.2) is 8.42 Å². The van der Waals surface area contributed by atoms with Crippen molar-refractivity contribution in [3.8, 4) is 6.07 Å². The Morgan fingerprint density at radius 3 is 1.96 bits per heavy atom. The van der Waals surface area contributed by atoms with Crippen molar-refractivity contribution < 1.29 is 34.8 Å². The van der Waals surface area contributed by atoms with E-state index in [0.29, 0.717) is 22.5 Å². The van der Waals surface area contributed by atoms with Gasteiger partial charge in [0.2, 0.25) is 10.0 Å². The van der Waals surface area contributed by atoms with E-state index in [0.717, 1.165) is 0 Å². The van der Waals surface area contributed by atoms with Gasteiger partial charge in [-0.15, -0.1) is 0 Å². The van der Waals surface area contributed by atoms with Crippen LogP contribution >= 0.6 is 12.2 Å². The van der Waals surface area contributed by atoms with Gasteiger partial charge in [0.25, 0.3) is 0 Å². The van der Waals surface area contributed by atoms with Crippen LogP contribution in [0.15, 0.2) is 18.2 Å². The van der Waals surface area contributed by atoms with Crippen LogP contribution in [0.1, 0.15) is 16.7 Å². The summed E-state index contributed by atoms with van der Waals surface area (Å²) < 4.78 is 103. The first-order chi connectivity index (χ1) is 11.7. The molecule has 0 spiro atoms. The van der Waals surface area contributed by atoms with Gasteiger partial charge in [-0.3, -0.25) is 0 Å². The highest BCUT2D eigenvalue weighted by molar-refractivity contribution is 7.88. The number of benzene rings is 1. The van der Waals surface area contributed by atoms with Crippen molar-refractivity contribution in [1.82, 2.24) is 4.31 Å². The molecule has 0 radical (unpaired) electrons. The number of nitriles is 1. The summed E-state index contributed by atoms with van der Waals surface area (Å²) in [5, 5.41) is 8.65. The molecule has 1 aromatic rings. The molecular weight excluding hydrogens is 408 g/mol. The summed E-state index contributed by atoms with van der Waals surface area (Å²) in [4.78, 5) is -0.399. The van der Waals surface area contributed by atoms with Gasteiger partial charge in [-0.1, -0.05) is 18.3 Å². The number of halogens is 6. The third-order valence-electron chi connectivity index (χ3n) is 3.09. The predicted molar refractivity (Wildman–Crippen MR) is 83.0 cm³/mol. The standard InChI is InChI=1S/C13H11F6N3O2S2/c14-12(15,16)9-2-1-3-10(13(17,18)19)8(9)7-26(23,24)22(5-4-20)6-11(21)25/h1-3H,5-7H2,(H2,21,25). The summed E-state index contributed by atoms with van der Waals surface area (Å²) in [6, 6.07) is 2.67. The zero-order valence-electron chi connectivity index (χ0n) is 12.7. The molecule has 0 unspecified atom stereocenters. The van der Waals surface area contributed by atoms with Crippen molar-refractivity contribution in [1.29, 1.82) is 5.26 Å². The summed E-state index contributed by atoms with van der Waals surface area (Å²) in [6.07, 6.45) is -10.4. The molecule has 0 bridgehead atoms. The smallest absolute Gasteiger partial charge is 0.392 e. The highest BCUT2D eigenvalue weighted by atomic mass is 32.2. The van der Waals surface area contributed by atoms with E-state index in [1.54, 1.807) is 0 Å². The van der Waals surface area contributed by atoms with Crippen molar-refractivity contribution >= 4 is 27.2 Å². The largest absolute Gasteiger partial charge is 0.416 e. The molecule has 0 aromatic heterocycles. The van der Waals surface area contributed by atoms with Crippen LogP contribution in [-0.4, -0.2) is 30.8 Å². The van der Waals surface area contributed by atoms with E-state index in [9.17, 15) is 34.8 Å². The third-order valence-corrected chi connectivity index (χ3v) is 4.91. The maximum absolute atomic E-state index is 13.1. The van der Waals surface area contributed by atoms with Crippen LogP contribution in [0.3, 0.4) is 0 Å². The zero-order chi connectivity index (χ0) is 20.3. The molecule has 144 valence electrons. The first-order valence-electron chi connectivity index (χ1n) is 6.59. The van der Waals surface area contributed by atoms with Gasteiger partial charge < -0.3 is 5.73 Å². The Kier molecular flexibility index (Phi) is 6.61. The van der Waals surface area contributed by atoms with E-state index in [1.165, 1.54) is 6.07 Å². The molecule has 1 aromatic carbocycles. The van der Waals surface area contributed by atoms with E-state index in [-0.39, 0.29) is 0 Å². The molecule has 0 saturated heterocycles. The molecule has 0 amide bonds. The molecule has 0 saturated carbocycles. The summed E-state index contributed by atoms with van der Waals surface area (Å²) in [7, 11) is -4.75. The topological polar surface area (TPSA) is 87.2 Å². The van der Waals surface area contributed by atoms with Crippen LogP contribution < -0.4 is 5.73 Å². The Balaban J connectivity index is 3.55. The lowest BCUT2D eigenvalue weighted by atomic mass is 10.0. The molecular formula is C13H11F6N3O2S2. The molecule has 0 aliphatic carbocycles. The third kappa shape index (κ3) is 5.55. The summed E-state index contributed by atoms with van der Waals surface area (Å²) in [6.45, 7) is -1.53. The minimum atomic E-state index is -5.21. The molecule has 26 heavy (non-hydrogen) atoms. The van der Waals surface area contributed by atoms with Crippen LogP contribution in [0.4, 0.5) is 26.3 Å². The molecule has 1 rings (SSSR count). The van der Waals surface area contributed by atoms with Crippen molar-refractivity contribution in [2.75, 3.05) is 13.1 Å². The molecule has 0 heterocycles. The minimum Gasteiger partial charge on any atom is -0.392 e. The Hall–Kier alpha value is -1.91. The number of hydrogen-bond donors (Lipinski definition) is 1. The zero-order valence-corrected chi connectivity index (χ0v) is 14.4. The second-order valence-corrected chi connectivity index (χ2v) is 7.47. The normalized spacial score (nSPS) is 12.8. The van der Waals surface area contributed by atoms with E-state index in [2.05, 4.69) is 12.2 Å². The highest BCUT2D eigenvalue weighted by Crippen LogP contribution is 2.40. The van der Waals surface area contributed by atoms with Gasteiger partial charge in [0.15, 0.2) is 0 Å². The van der Waals surface area contributed by atoms with Crippen LogP contribution in [0.5, 0.6) is 0 Å². The first-order valence-corrected chi connectivity index (χ1v) is 8.61. The van der Waals surface area contributed by atoms with Gasteiger partial charge in [-0.05, 0) is 17.7 Å². The van der Waals surface area contributed by atoms with Crippen LogP contribution in [-0.2, 0) is 28.1 Å². The first kappa shape index (κ1) is 22.1. The number of sulfonamides is 1. The van der Waals surface area contributed by atoms with Crippen LogP contribution in [0.25, 0.3) is 0 Å². The second kappa shape index (κ2) is 7.77. The summed E-state index contributed by atoms with van der Waals surface area (Å²) in [5.41, 5.74) is 0.242. The van der Waals surface area contributed by atoms with Gasteiger partial charge in [0.1, 0.15) is 6.54 Å². The minimum absolute atomic E-state index is 0.322.